The number of nitrogens with zero attached hydrogens (tertiary/aromatic N) is 1. The molecule has 0 radical (unpaired) electrons. The summed E-state index contributed by atoms with van der Waals surface area (Å²) in [5.41, 5.74) is 1.71. The third-order valence-corrected chi connectivity index (χ3v) is 1.88. The Kier molecular flexibility index (Phi) is 4.34. The third-order valence-electron chi connectivity index (χ3n) is 1.88. The molecule has 1 amide bonds. The lowest BCUT2D eigenvalue weighted by atomic mass is 10.1. The first-order valence-corrected chi connectivity index (χ1v) is 4.79. The van der Waals surface area contributed by atoms with Gasteiger partial charge >= 0.3 is 6.09 Å². The zero-order valence-electron chi connectivity index (χ0n) is 8.86. The monoisotopic (exact) mass is 206 g/mol. The minimum Gasteiger partial charge on any atom is -0.323 e. The lowest BCUT2D eigenvalue weighted by Gasteiger charge is -2.02. The van der Waals surface area contributed by atoms with E-state index >= 15 is 0 Å². The number of carbonyl (C=O) groups is 1. The summed E-state index contributed by atoms with van der Waals surface area (Å²) in [5, 5.41) is 6.12. The highest BCUT2D eigenvalue weighted by Crippen LogP contribution is 2.04. The van der Waals surface area contributed by atoms with Gasteiger partial charge in [-0.3, -0.25) is 4.84 Å². The number of benzene rings is 1. The molecule has 0 saturated heterocycles. The zero-order valence-corrected chi connectivity index (χ0v) is 8.86. The van der Waals surface area contributed by atoms with Crippen LogP contribution in [0.1, 0.15) is 18.9 Å². The van der Waals surface area contributed by atoms with Crippen LogP contribution in [-0.4, -0.2) is 18.9 Å². The fourth-order valence-electron chi connectivity index (χ4n) is 1.09. The Labute approximate surface area is 88.9 Å². The molecule has 0 saturated carbocycles. The van der Waals surface area contributed by atoms with Crippen molar-refractivity contribution >= 4 is 11.8 Å². The van der Waals surface area contributed by atoms with Crippen molar-refractivity contribution in [1.82, 2.24) is 5.32 Å². The lowest BCUT2D eigenvalue weighted by Crippen LogP contribution is -2.17. The van der Waals surface area contributed by atoms with E-state index in [-0.39, 0.29) is 0 Å². The normalized spacial score (nSPS) is 10.9. The highest BCUT2D eigenvalue weighted by atomic mass is 16.7. The van der Waals surface area contributed by atoms with Crippen molar-refractivity contribution < 1.29 is 9.63 Å². The number of carbonyl (C=O) groups excluding carboxylic acids is 1. The number of hydrogen-bond donors (Lipinski definition) is 1. The van der Waals surface area contributed by atoms with Crippen LogP contribution in [0.4, 0.5) is 4.79 Å². The van der Waals surface area contributed by atoms with Gasteiger partial charge in [0.1, 0.15) is 0 Å². The first-order chi connectivity index (χ1) is 7.27. The van der Waals surface area contributed by atoms with Crippen molar-refractivity contribution in [1.29, 1.82) is 0 Å². The first-order valence-electron chi connectivity index (χ1n) is 4.79. The molecule has 4 heteroatoms. The molecule has 1 N–H and O–H groups in total. The maximum absolute atomic E-state index is 10.8. The van der Waals surface area contributed by atoms with E-state index in [9.17, 15) is 4.79 Å². The SMILES string of the molecule is CCC(=NOC(=O)NC)c1ccccc1. The molecular weight excluding hydrogens is 192 g/mol. The fraction of sp³-hybridized carbons (Fsp3) is 0.273. The minimum atomic E-state index is -0.558. The van der Waals surface area contributed by atoms with Gasteiger partial charge in [0, 0.05) is 7.05 Å². The van der Waals surface area contributed by atoms with Gasteiger partial charge in [0.05, 0.1) is 5.71 Å². The van der Waals surface area contributed by atoms with Crippen LogP contribution < -0.4 is 5.32 Å². The van der Waals surface area contributed by atoms with E-state index in [1.807, 2.05) is 37.3 Å². The van der Waals surface area contributed by atoms with Crippen molar-refractivity contribution in [3.8, 4) is 0 Å². The maximum Gasteiger partial charge on any atom is 0.433 e. The largest absolute Gasteiger partial charge is 0.433 e. The molecule has 0 unspecified atom stereocenters. The quantitative estimate of drug-likeness (QED) is 0.468. The van der Waals surface area contributed by atoms with Crippen molar-refractivity contribution in [2.45, 2.75) is 13.3 Å². The van der Waals surface area contributed by atoms with Gasteiger partial charge in [-0.05, 0) is 12.0 Å². The molecule has 0 atom stereocenters. The number of amides is 1. The molecule has 0 fully saturated rings. The van der Waals surface area contributed by atoms with Crippen LogP contribution in [0, 0.1) is 0 Å². The van der Waals surface area contributed by atoms with Gasteiger partial charge in [-0.15, -0.1) is 0 Å². The first kappa shape index (κ1) is 11.2. The summed E-state index contributed by atoms with van der Waals surface area (Å²) in [6.45, 7) is 1.96. The Balaban J connectivity index is 2.76. The van der Waals surface area contributed by atoms with Gasteiger partial charge in [0.15, 0.2) is 0 Å². The summed E-state index contributed by atoms with van der Waals surface area (Å²) < 4.78 is 0. The molecule has 0 aliphatic carbocycles. The Hall–Kier alpha value is -1.84. The lowest BCUT2D eigenvalue weighted by molar-refractivity contribution is 0.153. The molecule has 0 heterocycles. The van der Waals surface area contributed by atoms with Gasteiger partial charge < -0.3 is 5.32 Å². The summed E-state index contributed by atoms with van der Waals surface area (Å²) in [5.74, 6) is 0. The van der Waals surface area contributed by atoms with Gasteiger partial charge in [0.25, 0.3) is 0 Å². The van der Waals surface area contributed by atoms with E-state index in [2.05, 4.69) is 15.3 Å². The van der Waals surface area contributed by atoms with Gasteiger partial charge in [-0.25, -0.2) is 4.79 Å². The summed E-state index contributed by atoms with van der Waals surface area (Å²) in [4.78, 5) is 15.5. The Morgan fingerprint density at radius 3 is 2.60 bits per heavy atom. The number of rotatable bonds is 3. The minimum absolute atomic E-state index is 0.558. The average molecular weight is 206 g/mol. The summed E-state index contributed by atoms with van der Waals surface area (Å²) >= 11 is 0. The van der Waals surface area contributed by atoms with Crippen LogP contribution in [0.3, 0.4) is 0 Å². The Morgan fingerprint density at radius 2 is 2.07 bits per heavy atom. The summed E-state index contributed by atoms with van der Waals surface area (Å²) in [6, 6.07) is 9.61. The Morgan fingerprint density at radius 1 is 1.40 bits per heavy atom. The fourth-order valence-corrected chi connectivity index (χ4v) is 1.09. The van der Waals surface area contributed by atoms with Crippen LogP contribution >= 0.6 is 0 Å². The number of oxime groups is 1. The van der Waals surface area contributed by atoms with Crippen molar-refractivity contribution in [3.05, 3.63) is 35.9 Å². The van der Waals surface area contributed by atoms with Crippen molar-refractivity contribution in [3.63, 3.8) is 0 Å². The van der Waals surface area contributed by atoms with E-state index in [0.29, 0.717) is 6.42 Å². The molecule has 0 aliphatic heterocycles. The average Bonchev–Trinajstić information content (AvgIpc) is 2.31. The van der Waals surface area contributed by atoms with Crippen molar-refractivity contribution in [2.75, 3.05) is 7.05 Å². The van der Waals surface area contributed by atoms with Crippen LogP contribution in [0.25, 0.3) is 0 Å². The van der Waals surface area contributed by atoms with Gasteiger partial charge in [-0.2, -0.15) is 0 Å². The molecular formula is C11H14N2O2. The molecule has 0 bridgehead atoms. The molecule has 1 aromatic carbocycles. The maximum atomic E-state index is 10.8. The van der Waals surface area contributed by atoms with Crippen LogP contribution in [0.15, 0.2) is 35.5 Å². The molecule has 1 rings (SSSR count). The van der Waals surface area contributed by atoms with Gasteiger partial charge in [0.2, 0.25) is 0 Å². The van der Waals surface area contributed by atoms with E-state index in [0.717, 1.165) is 11.3 Å². The smallest absolute Gasteiger partial charge is 0.323 e. The summed E-state index contributed by atoms with van der Waals surface area (Å²) in [6.07, 6.45) is 0.151. The highest BCUT2D eigenvalue weighted by molar-refractivity contribution is 6.00. The van der Waals surface area contributed by atoms with E-state index in [4.69, 9.17) is 0 Å². The third kappa shape index (κ3) is 3.42. The molecule has 4 nitrogen and oxygen atoms in total. The highest BCUT2D eigenvalue weighted by Gasteiger charge is 2.02. The standard InChI is InChI=1S/C11H14N2O2/c1-3-10(13-15-11(14)12-2)9-7-5-4-6-8-9/h4-8H,3H2,1-2H3,(H,12,14). The molecule has 80 valence electrons. The number of nitrogens with one attached hydrogen (secondary N) is 1. The second kappa shape index (κ2) is 5.80. The molecule has 15 heavy (non-hydrogen) atoms. The Bertz CT molecular complexity index is 347. The van der Waals surface area contributed by atoms with E-state index in [1.165, 1.54) is 7.05 Å². The second-order valence-electron chi connectivity index (χ2n) is 2.89. The predicted molar refractivity (Wildman–Crippen MR) is 58.8 cm³/mol. The second-order valence-corrected chi connectivity index (χ2v) is 2.89. The van der Waals surface area contributed by atoms with E-state index < -0.39 is 6.09 Å². The molecule has 0 spiro atoms. The van der Waals surface area contributed by atoms with Crippen LogP contribution in [0.5, 0.6) is 0 Å². The zero-order chi connectivity index (χ0) is 11.1. The van der Waals surface area contributed by atoms with Gasteiger partial charge in [-0.1, -0.05) is 42.4 Å². The van der Waals surface area contributed by atoms with E-state index in [1.54, 1.807) is 0 Å². The summed E-state index contributed by atoms with van der Waals surface area (Å²) in [7, 11) is 1.49. The van der Waals surface area contributed by atoms with Crippen LogP contribution in [-0.2, 0) is 4.84 Å². The topological polar surface area (TPSA) is 50.7 Å². The van der Waals surface area contributed by atoms with Crippen LogP contribution in [0.2, 0.25) is 0 Å². The molecule has 1 aromatic rings. The van der Waals surface area contributed by atoms with Crippen molar-refractivity contribution in [2.24, 2.45) is 5.16 Å². The number of hydrogen-bond acceptors (Lipinski definition) is 3. The molecule has 0 aliphatic rings. The molecule has 0 aromatic heterocycles. The predicted octanol–water partition coefficient (Wildman–Crippen LogP) is 2.16.